The lowest BCUT2D eigenvalue weighted by molar-refractivity contribution is -0.161. The molecule has 0 aliphatic heterocycles. The number of aliphatic carboxylic acids is 1. The number of carbonyl (C=O) groups is 3. The molecule has 1 unspecified atom stereocenters. The Labute approximate surface area is 205 Å². The first-order chi connectivity index (χ1) is 16.3. The van der Waals surface area contributed by atoms with Crippen molar-refractivity contribution in [3.63, 3.8) is 0 Å². The van der Waals surface area contributed by atoms with E-state index in [2.05, 4.69) is 36.5 Å². The number of carboxylic acids is 1. The molecule has 0 bridgehead atoms. The van der Waals surface area contributed by atoms with Crippen molar-refractivity contribution in [2.24, 2.45) is 11.7 Å². The van der Waals surface area contributed by atoms with Crippen molar-refractivity contribution in [2.75, 3.05) is 7.05 Å². The number of carboxylic acid groups (broad SMARTS) is 1. The fraction of sp³-hybridized carbons (Fsp3) is 0.423. The van der Waals surface area contributed by atoms with Gasteiger partial charge in [-0.1, -0.05) is 55.5 Å². The van der Waals surface area contributed by atoms with Crippen molar-refractivity contribution in [1.29, 1.82) is 0 Å². The monoisotopic (exact) mass is 491 g/mol. The number of nitrogens with zero attached hydrogens (tertiary/aromatic N) is 1. The number of benzene rings is 1. The maximum atomic E-state index is 12.6. The average molecular weight is 492 g/mol. The lowest BCUT2D eigenvalue weighted by Crippen LogP contribution is -2.46. The van der Waals surface area contributed by atoms with Crippen LogP contribution in [0.4, 0.5) is 8.78 Å². The molecular weight excluding hydrogens is 456 g/mol. The van der Waals surface area contributed by atoms with E-state index in [1.807, 2.05) is 24.3 Å². The molecule has 9 heteroatoms. The number of carbonyl (C=O) groups excluding carboxylic acids is 2. The Balaban J connectivity index is 0.000000762. The molecule has 0 radical (unpaired) electrons. The molecule has 7 nitrogen and oxygen atoms in total. The summed E-state index contributed by atoms with van der Waals surface area (Å²) in [5, 5.41) is 10.5. The van der Waals surface area contributed by atoms with Crippen molar-refractivity contribution in [2.45, 2.75) is 58.0 Å². The van der Waals surface area contributed by atoms with Gasteiger partial charge in [0, 0.05) is 25.7 Å². The molecule has 1 aliphatic carbocycles. The lowest BCUT2D eigenvalue weighted by atomic mass is 9.93. The van der Waals surface area contributed by atoms with Crippen molar-refractivity contribution in [1.82, 2.24) is 10.2 Å². The van der Waals surface area contributed by atoms with Gasteiger partial charge in [-0.05, 0) is 43.7 Å². The average Bonchev–Trinajstić information content (AvgIpc) is 2.81. The topological polar surface area (TPSA) is 113 Å². The van der Waals surface area contributed by atoms with Gasteiger partial charge in [-0.3, -0.25) is 9.59 Å². The fourth-order valence-electron chi connectivity index (χ4n) is 3.06. The molecule has 1 aromatic rings. The molecule has 2 amide bonds. The first kappa shape index (κ1) is 29.7. The summed E-state index contributed by atoms with van der Waals surface area (Å²) < 4.78 is 22.5. The normalized spacial score (nSPS) is 15.8. The first-order valence-corrected chi connectivity index (χ1v) is 11.4. The summed E-state index contributed by atoms with van der Waals surface area (Å²) in [4.78, 5) is 35.6. The second kappa shape index (κ2) is 14.2. The zero-order valence-corrected chi connectivity index (χ0v) is 20.6. The molecule has 35 heavy (non-hydrogen) atoms. The zero-order chi connectivity index (χ0) is 26.6. The second-order valence-corrected chi connectivity index (χ2v) is 8.55. The summed E-state index contributed by atoms with van der Waals surface area (Å²) >= 11 is 0. The number of likely N-dealkylation sites (N-methyl/N-ethyl adjacent to an activating group) is 1. The Morgan fingerprint density at radius 3 is 2.29 bits per heavy atom. The number of rotatable bonds is 9. The van der Waals surface area contributed by atoms with Gasteiger partial charge in [-0.25, -0.2) is 4.79 Å². The van der Waals surface area contributed by atoms with E-state index in [0.717, 1.165) is 25.0 Å². The van der Waals surface area contributed by atoms with Gasteiger partial charge in [0.1, 0.15) is 0 Å². The summed E-state index contributed by atoms with van der Waals surface area (Å²) in [5.74, 6) is -5.92. The maximum Gasteiger partial charge on any atom is 0.374 e. The third kappa shape index (κ3) is 11.1. The number of hydrogen-bond donors (Lipinski definition) is 3. The molecule has 1 aromatic carbocycles. The van der Waals surface area contributed by atoms with E-state index >= 15 is 0 Å². The number of amides is 2. The van der Waals surface area contributed by atoms with Gasteiger partial charge < -0.3 is 21.1 Å². The summed E-state index contributed by atoms with van der Waals surface area (Å²) in [5.41, 5.74) is 7.79. The van der Waals surface area contributed by atoms with Crippen LogP contribution in [0.5, 0.6) is 0 Å². The molecule has 0 saturated heterocycles. The number of allylic oxidation sites excluding steroid dienone is 3. The Morgan fingerprint density at radius 1 is 1.20 bits per heavy atom. The number of nitrogens with two attached hydrogens (primary N) is 1. The van der Waals surface area contributed by atoms with Crippen LogP contribution in [0.2, 0.25) is 0 Å². The molecule has 0 spiro atoms. The van der Waals surface area contributed by atoms with Crippen LogP contribution in [0.25, 0.3) is 0 Å². The summed E-state index contributed by atoms with van der Waals surface area (Å²) in [6.45, 7) is 4.04. The largest absolute Gasteiger partial charge is 0.477 e. The van der Waals surface area contributed by atoms with E-state index in [-0.39, 0.29) is 23.8 Å². The Kier molecular flexibility index (Phi) is 12.0. The summed E-state index contributed by atoms with van der Waals surface area (Å²) in [6.07, 6.45) is 12.1. The molecular formula is C26H35F2N3O4. The second-order valence-electron chi connectivity index (χ2n) is 8.55. The predicted molar refractivity (Wildman–Crippen MR) is 132 cm³/mol. The highest BCUT2D eigenvalue weighted by Gasteiger charge is 2.31. The van der Waals surface area contributed by atoms with E-state index in [9.17, 15) is 23.2 Å². The van der Waals surface area contributed by atoms with E-state index in [1.54, 1.807) is 24.9 Å². The number of halogens is 2. The van der Waals surface area contributed by atoms with Gasteiger partial charge in [-0.2, -0.15) is 8.78 Å². The Bertz CT molecular complexity index is 938. The van der Waals surface area contributed by atoms with E-state index in [0.29, 0.717) is 6.92 Å². The Morgan fingerprint density at radius 2 is 1.80 bits per heavy atom. The van der Waals surface area contributed by atoms with Crippen LogP contribution < -0.4 is 11.1 Å². The van der Waals surface area contributed by atoms with Gasteiger partial charge in [0.25, 0.3) is 0 Å². The van der Waals surface area contributed by atoms with Gasteiger partial charge >= 0.3 is 11.9 Å². The molecule has 192 valence electrons. The van der Waals surface area contributed by atoms with E-state index < -0.39 is 17.9 Å². The minimum atomic E-state index is -3.58. The predicted octanol–water partition coefficient (Wildman–Crippen LogP) is 3.67. The van der Waals surface area contributed by atoms with Crippen molar-refractivity contribution >= 4 is 17.8 Å². The van der Waals surface area contributed by atoms with Crippen LogP contribution in [0.1, 0.15) is 39.2 Å². The van der Waals surface area contributed by atoms with Crippen LogP contribution in [0.3, 0.4) is 0 Å². The molecule has 4 N–H and O–H groups in total. The van der Waals surface area contributed by atoms with E-state index in [1.165, 1.54) is 11.6 Å². The minimum Gasteiger partial charge on any atom is -0.477 e. The van der Waals surface area contributed by atoms with Crippen LogP contribution in [0, 0.1) is 5.92 Å². The smallest absolute Gasteiger partial charge is 0.374 e. The third-order valence-corrected chi connectivity index (χ3v) is 5.25. The number of nitrogens with one attached hydrogen (secondary N) is 1. The van der Waals surface area contributed by atoms with Gasteiger partial charge in [-0.15, -0.1) is 0 Å². The minimum absolute atomic E-state index is 0.105. The molecule has 0 saturated carbocycles. The van der Waals surface area contributed by atoms with Gasteiger partial charge in [0.15, 0.2) is 0 Å². The fourth-order valence-corrected chi connectivity index (χ4v) is 3.06. The van der Waals surface area contributed by atoms with Crippen LogP contribution in [-0.2, 0) is 20.8 Å². The highest BCUT2D eigenvalue weighted by Crippen LogP contribution is 2.16. The zero-order valence-electron chi connectivity index (χ0n) is 20.6. The molecule has 1 aliphatic rings. The maximum absolute atomic E-state index is 12.6. The molecule has 3 atom stereocenters. The quantitative estimate of drug-likeness (QED) is 0.456. The summed E-state index contributed by atoms with van der Waals surface area (Å²) in [7, 11) is 1.76. The highest BCUT2D eigenvalue weighted by atomic mass is 19.3. The molecule has 2 rings (SSSR count). The number of alkyl halides is 2. The summed E-state index contributed by atoms with van der Waals surface area (Å²) in [6, 6.07) is 9.21. The highest BCUT2D eigenvalue weighted by molar-refractivity contribution is 5.89. The number of hydrogen-bond acceptors (Lipinski definition) is 4. The van der Waals surface area contributed by atoms with Crippen LogP contribution in [0.15, 0.2) is 66.4 Å². The standard InChI is InChI=1S/C23H31N3O2.C3H4F2O2/c1-17(16-19-10-6-4-7-11-19)21(25-23(28)18(2)24)14-15-22(27)26(3)20-12-8-5-9-13-20;1-3(4,5)2(6)7/h4,6-8,10-15,17-18,21H,5,9,16,24H2,1-3H3,(H,25,28);1H3,(H,6,7)/b15-14+;/t17?,18-,21+;/m0./s1. The Hall–Kier alpha value is -3.33. The molecule has 0 heterocycles. The molecule has 0 aromatic heterocycles. The lowest BCUT2D eigenvalue weighted by Gasteiger charge is -2.24. The first-order valence-electron chi connectivity index (χ1n) is 11.4. The van der Waals surface area contributed by atoms with Crippen molar-refractivity contribution < 1.29 is 28.3 Å². The van der Waals surface area contributed by atoms with Crippen LogP contribution >= 0.6 is 0 Å². The van der Waals surface area contributed by atoms with Crippen molar-refractivity contribution in [3.05, 3.63) is 72.0 Å². The third-order valence-electron chi connectivity index (χ3n) is 5.25. The van der Waals surface area contributed by atoms with Crippen molar-refractivity contribution in [3.8, 4) is 0 Å². The van der Waals surface area contributed by atoms with Gasteiger partial charge in [0.05, 0.1) is 12.1 Å². The SMILES string of the molecule is CC(Cc1ccccc1)[C@@H](/C=C/C(=O)N(C)C1=CCCC=C1)NC(=O)[C@H](C)N.CC(F)(F)C(=O)O. The van der Waals surface area contributed by atoms with Gasteiger partial charge in [0.2, 0.25) is 11.8 Å². The van der Waals surface area contributed by atoms with Crippen LogP contribution in [-0.4, -0.2) is 52.8 Å². The molecule has 0 fully saturated rings. The van der Waals surface area contributed by atoms with E-state index in [4.69, 9.17) is 10.8 Å².